The van der Waals surface area contributed by atoms with Gasteiger partial charge < -0.3 is 16.3 Å². The molecule has 0 radical (unpaired) electrons. The molecule has 1 fully saturated rings. The summed E-state index contributed by atoms with van der Waals surface area (Å²) in [5.41, 5.74) is 4.98. The summed E-state index contributed by atoms with van der Waals surface area (Å²) in [6.45, 7) is -0.909. The van der Waals surface area contributed by atoms with E-state index in [2.05, 4.69) is 10.5 Å². The molecule has 0 spiro atoms. The summed E-state index contributed by atoms with van der Waals surface area (Å²) in [5, 5.41) is 13.5. The van der Waals surface area contributed by atoms with Gasteiger partial charge in [0, 0.05) is 13.0 Å². The highest BCUT2D eigenvalue weighted by Crippen LogP contribution is 2.48. The molecule has 0 aliphatic heterocycles. The second-order valence-electron chi connectivity index (χ2n) is 4.43. The van der Waals surface area contributed by atoms with Crippen LogP contribution in [0.5, 0.6) is 0 Å². The molecule has 1 rings (SSSR count). The molecule has 0 atom stereocenters. The number of alkyl halides is 4. The lowest BCUT2D eigenvalue weighted by molar-refractivity contribution is -0.125. The SMILES string of the molecule is NC(CC1(CNCC(F)(F)C(F)F)CC1)=NO. The van der Waals surface area contributed by atoms with Crippen LogP contribution in [0.15, 0.2) is 5.16 Å². The van der Waals surface area contributed by atoms with Crippen LogP contribution in [0.4, 0.5) is 17.6 Å². The van der Waals surface area contributed by atoms with Crippen molar-refractivity contribution >= 4 is 5.84 Å². The van der Waals surface area contributed by atoms with Crippen LogP contribution in [0.1, 0.15) is 19.3 Å². The van der Waals surface area contributed by atoms with Crippen molar-refractivity contribution in [3.05, 3.63) is 0 Å². The maximum Gasteiger partial charge on any atom is 0.319 e. The minimum atomic E-state index is -4.02. The van der Waals surface area contributed by atoms with E-state index in [1.807, 2.05) is 0 Å². The van der Waals surface area contributed by atoms with Crippen molar-refractivity contribution in [3.8, 4) is 0 Å². The van der Waals surface area contributed by atoms with Gasteiger partial charge in [-0.2, -0.15) is 8.78 Å². The van der Waals surface area contributed by atoms with Crippen molar-refractivity contribution < 1.29 is 22.8 Å². The highest BCUT2D eigenvalue weighted by Gasteiger charge is 2.45. The van der Waals surface area contributed by atoms with Crippen LogP contribution in [0.25, 0.3) is 0 Å². The second-order valence-corrected chi connectivity index (χ2v) is 4.43. The molecular weight excluding hydrogens is 242 g/mol. The van der Waals surface area contributed by atoms with Crippen LogP contribution < -0.4 is 11.1 Å². The van der Waals surface area contributed by atoms with E-state index in [0.29, 0.717) is 0 Å². The molecule has 1 aliphatic carbocycles. The van der Waals surface area contributed by atoms with Crippen LogP contribution >= 0.6 is 0 Å². The van der Waals surface area contributed by atoms with Crippen LogP contribution in [0, 0.1) is 5.41 Å². The van der Waals surface area contributed by atoms with E-state index in [9.17, 15) is 17.6 Å². The highest BCUT2D eigenvalue weighted by molar-refractivity contribution is 5.80. The fourth-order valence-electron chi connectivity index (χ4n) is 1.58. The Morgan fingerprint density at radius 3 is 2.47 bits per heavy atom. The van der Waals surface area contributed by atoms with Gasteiger partial charge in [0.2, 0.25) is 0 Å². The molecule has 0 heterocycles. The number of halogens is 4. The first-order valence-electron chi connectivity index (χ1n) is 5.14. The van der Waals surface area contributed by atoms with Gasteiger partial charge in [-0.1, -0.05) is 5.16 Å². The Bertz CT molecular complexity index is 292. The Hall–Kier alpha value is -1.05. The Balaban J connectivity index is 2.32. The molecule has 0 aromatic heterocycles. The van der Waals surface area contributed by atoms with Crippen molar-refractivity contribution in [2.45, 2.75) is 31.6 Å². The molecular formula is C9H15F4N3O. The highest BCUT2D eigenvalue weighted by atomic mass is 19.3. The zero-order chi connectivity index (χ0) is 13.1. The summed E-state index contributed by atoms with van der Waals surface area (Å²) < 4.78 is 48.8. The number of nitrogens with two attached hydrogens (primary N) is 1. The number of nitrogens with zero attached hydrogens (tertiary/aromatic N) is 1. The molecule has 100 valence electrons. The number of hydrogen-bond donors (Lipinski definition) is 3. The average Bonchev–Trinajstić information content (AvgIpc) is 2.97. The third kappa shape index (κ3) is 4.03. The third-order valence-corrected chi connectivity index (χ3v) is 2.82. The van der Waals surface area contributed by atoms with E-state index in [4.69, 9.17) is 10.9 Å². The first kappa shape index (κ1) is 14.0. The van der Waals surface area contributed by atoms with Gasteiger partial charge in [-0.25, -0.2) is 8.78 Å². The number of oxime groups is 1. The standard InChI is InChI=1S/C9H15F4N3O/c10-7(11)9(12,13)5-15-4-8(1-2-8)3-6(14)16-17/h7,15,17H,1-5H2,(H2,14,16). The van der Waals surface area contributed by atoms with Crippen LogP contribution in [0.2, 0.25) is 0 Å². The fraction of sp³-hybridized carbons (Fsp3) is 0.889. The number of nitrogens with one attached hydrogen (secondary N) is 1. The average molecular weight is 257 g/mol. The molecule has 1 aliphatic rings. The van der Waals surface area contributed by atoms with Gasteiger partial charge in [0.15, 0.2) is 0 Å². The molecule has 1 saturated carbocycles. The minimum Gasteiger partial charge on any atom is -0.409 e. The maximum atomic E-state index is 12.6. The second kappa shape index (κ2) is 5.07. The van der Waals surface area contributed by atoms with Crippen molar-refractivity contribution in [2.75, 3.05) is 13.1 Å². The minimum absolute atomic E-state index is 0.0184. The fourth-order valence-corrected chi connectivity index (χ4v) is 1.58. The molecule has 17 heavy (non-hydrogen) atoms. The van der Waals surface area contributed by atoms with Crippen LogP contribution in [-0.2, 0) is 0 Å². The molecule has 4 nitrogen and oxygen atoms in total. The van der Waals surface area contributed by atoms with Crippen molar-refractivity contribution in [3.63, 3.8) is 0 Å². The van der Waals surface area contributed by atoms with Gasteiger partial charge in [-0.05, 0) is 18.3 Å². The van der Waals surface area contributed by atoms with Gasteiger partial charge in [0.05, 0.1) is 6.54 Å². The van der Waals surface area contributed by atoms with Crippen LogP contribution in [0.3, 0.4) is 0 Å². The molecule has 0 saturated heterocycles. The summed E-state index contributed by atoms with van der Waals surface area (Å²) in [4.78, 5) is 0. The lowest BCUT2D eigenvalue weighted by Crippen LogP contribution is -2.41. The molecule has 4 N–H and O–H groups in total. The van der Waals surface area contributed by atoms with Crippen molar-refractivity contribution in [1.29, 1.82) is 0 Å². The summed E-state index contributed by atoms with van der Waals surface area (Å²) in [6, 6.07) is 0. The van der Waals surface area contributed by atoms with E-state index < -0.39 is 18.9 Å². The lowest BCUT2D eigenvalue weighted by atomic mass is 10.0. The summed E-state index contributed by atoms with van der Waals surface area (Å²) >= 11 is 0. The van der Waals surface area contributed by atoms with Gasteiger partial charge in [-0.15, -0.1) is 0 Å². The Morgan fingerprint density at radius 2 is 2.06 bits per heavy atom. The van der Waals surface area contributed by atoms with E-state index in [1.54, 1.807) is 0 Å². The van der Waals surface area contributed by atoms with Gasteiger partial charge in [0.1, 0.15) is 5.84 Å². The normalized spacial score (nSPS) is 19.7. The topological polar surface area (TPSA) is 70.6 Å². The maximum absolute atomic E-state index is 12.6. The molecule has 0 bridgehead atoms. The van der Waals surface area contributed by atoms with E-state index in [1.165, 1.54) is 0 Å². The summed E-state index contributed by atoms with van der Waals surface area (Å²) in [6.07, 6.45) is -1.90. The van der Waals surface area contributed by atoms with E-state index in [-0.39, 0.29) is 24.2 Å². The number of amidine groups is 1. The molecule has 8 heteroatoms. The Kier molecular flexibility index (Phi) is 4.18. The Labute approximate surface area is 95.8 Å². The third-order valence-electron chi connectivity index (χ3n) is 2.82. The van der Waals surface area contributed by atoms with Gasteiger partial charge in [0.25, 0.3) is 0 Å². The first-order valence-corrected chi connectivity index (χ1v) is 5.14. The molecule has 0 amide bonds. The largest absolute Gasteiger partial charge is 0.409 e. The molecule has 0 aromatic rings. The zero-order valence-corrected chi connectivity index (χ0v) is 9.10. The first-order chi connectivity index (χ1) is 7.81. The zero-order valence-electron chi connectivity index (χ0n) is 9.10. The lowest BCUT2D eigenvalue weighted by Gasteiger charge is -2.19. The van der Waals surface area contributed by atoms with Crippen molar-refractivity contribution in [2.24, 2.45) is 16.3 Å². The summed E-state index contributed by atoms with van der Waals surface area (Å²) in [5.74, 6) is -4.00. The van der Waals surface area contributed by atoms with Crippen molar-refractivity contribution in [1.82, 2.24) is 5.32 Å². The van der Waals surface area contributed by atoms with Gasteiger partial charge >= 0.3 is 12.3 Å². The predicted molar refractivity (Wildman–Crippen MR) is 53.5 cm³/mol. The molecule has 0 aromatic carbocycles. The van der Waals surface area contributed by atoms with E-state index >= 15 is 0 Å². The Morgan fingerprint density at radius 1 is 1.47 bits per heavy atom. The smallest absolute Gasteiger partial charge is 0.319 e. The van der Waals surface area contributed by atoms with E-state index in [0.717, 1.165) is 12.8 Å². The van der Waals surface area contributed by atoms with Crippen LogP contribution in [-0.4, -0.2) is 36.5 Å². The number of rotatable bonds is 7. The predicted octanol–water partition coefficient (Wildman–Crippen LogP) is 1.39. The van der Waals surface area contributed by atoms with Gasteiger partial charge in [-0.3, -0.25) is 0 Å². The summed E-state index contributed by atoms with van der Waals surface area (Å²) in [7, 11) is 0. The monoisotopic (exact) mass is 257 g/mol. The molecule has 0 unspecified atom stereocenters. The quantitative estimate of drug-likeness (QED) is 0.212. The number of hydrogen-bond acceptors (Lipinski definition) is 3.